The molecule has 0 aromatic carbocycles. The molecule has 4 nitrogen and oxygen atoms in total. The third-order valence-electron chi connectivity index (χ3n) is 1.62. The Morgan fingerprint density at radius 3 is 2.92 bits per heavy atom. The van der Waals surface area contributed by atoms with E-state index in [0.29, 0.717) is 5.82 Å². The van der Waals surface area contributed by atoms with Gasteiger partial charge in [0.25, 0.3) is 0 Å². The zero-order valence-corrected chi connectivity index (χ0v) is 8.69. The van der Waals surface area contributed by atoms with Gasteiger partial charge in [0.05, 0.1) is 0 Å². The Labute approximate surface area is 82.3 Å². The number of aromatic nitrogens is 2. The van der Waals surface area contributed by atoms with Crippen molar-refractivity contribution in [1.82, 2.24) is 9.97 Å². The van der Waals surface area contributed by atoms with Gasteiger partial charge in [-0.15, -0.1) is 11.8 Å². The second kappa shape index (κ2) is 5.04. The number of nitrogens with two attached hydrogens (primary N) is 1. The Hall–Kier alpha value is -0.810. The summed E-state index contributed by atoms with van der Waals surface area (Å²) < 4.78 is 0. The number of nitrogen functional groups attached to an aromatic ring is 1. The van der Waals surface area contributed by atoms with Crippen LogP contribution in [0.2, 0.25) is 0 Å². The Balaban J connectivity index is 2.81. The molecule has 0 aliphatic heterocycles. The van der Waals surface area contributed by atoms with Crippen LogP contribution in [0.4, 0.5) is 5.82 Å². The molecule has 0 saturated carbocycles. The summed E-state index contributed by atoms with van der Waals surface area (Å²) in [4.78, 5) is 8.19. The number of nitrogens with one attached hydrogen (secondary N) is 1. The Kier molecular flexibility index (Phi) is 3.98. The van der Waals surface area contributed by atoms with Crippen molar-refractivity contribution in [3.05, 3.63) is 11.9 Å². The van der Waals surface area contributed by atoms with E-state index in [1.165, 1.54) is 6.33 Å². The molecule has 0 aliphatic rings. The van der Waals surface area contributed by atoms with Crippen molar-refractivity contribution in [2.75, 3.05) is 11.2 Å². The topological polar surface area (TPSA) is 63.8 Å². The van der Waals surface area contributed by atoms with Crippen LogP contribution in [0, 0.1) is 6.92 Å². The number of hydrogen-bond donors (Lipinski definition) is 2. The summed E-state index contributed by atoms with van der Waals surface area (Å²) in [7, 11) is 0. The van der Waals surface area contributed by atoms with Crippen LogP contribution < -0.4 is 11.3 Å². The van der Waals surface area contributed by atoms with Crippen LogP contribution in [0.25, 0.3) is 0 Å². The van der Waals surface area contributed by atoms with E-state index in [0.717, 1.165) is 22.8 Å². The zero-order chi connectivity index (χ0) is 9.68. The minimum Gasteiger partial charge on any atom is -0.308 e. The fraction of sp³-hybridized carbons (Fsp3) is 0.500. The largest absolute Gasteiger partial charge is 0.308 e. The summed E-state index contributed by atoms with van der Waals surface area (Å²) in [6, 6.07) is 0. The van der Waals surface area contributed by atoms with Crippen molar-refractivity contribution in [3.63, 3.8) is 0 Å². The molecule has 1 aromatic heterocycles. The van der Waals surface area contributed by atoms with Gasteiger partial charge in [0, 0.05) is 5.56 Å². The van der Waals surface area contributed by atoms with Crippen molar-refractivity contribution < 1.29 is 0 Å². The molecule has 0 saturated heterocycles. The second-order valence-corrected chi connectivity index (χ2v) is 3.73. The molecule has 3 N–H and O–H groups in total. The van der Waals surface area contributed by atoms with E-state index >= 15 is 0 Å². The van der Waals surface area contributed by atoms with Gasteiger partial charge >= 0.3 is 0 Å². The molecule has 1 heterocycles. The van der Waals surface area contributed by atoms with E-state index in [1.54, 1.807) is 11.8 Å². The number of thioether (sulfide) groups is 1. The number of anilines is 1. The summed E-state index contributed by atoms with van der Waals surface area (Å²) in [5.41, 5.74) is 3.56. The van der Waals surface area contributed by atoms with Gasteiger partial charge in [0.15, 0.2) is 0 Å². The lowest BCUT2D eigenvalue weighted by molar-refractivity contribution is 0.991. The third kappa shape index (κ3) is 2.57. The van der Waals surface area contributed by atoms with Gasteiger partial charge in [0.2, 0.25) is 0 Å². The Morgan fingerprint density at radius 2 is 2.31 bits per heavy atom. The molecule has 0 amide bonds. The first-order chi connectivity index (χ1) is 6.29. The van der Waals surface area contributed by atoms with E-state index in [1.807, 2.05) is 6.92 Å². The molecule has 0 bridgehead atoms. The molecule has 13 heavy (non-hydrogen) atoms. The van der Waals surface area contributed by atoms with Gasteiger partial charge in [-0.2, -0.15) is 0 Å². The first kappa shape index (κ1) is 10.3. The van der Waals surface area contributed by atoms with Crippen molar-refractivity contribution >= 4 is 17.6 Å². The lowest BCUT2D eigenvalue weighted by Gasteiger charge is -2.06. The van der Waals surface area contributed by atoms with Gasteiger partial charge in [-0.25, -0.2) is 15.8 Å². The van der Waals surface area contributed by atoms with Gasteiger partial charge in [-0.1, -0.05) is 6.92 Å². The van der Waals surface area contributed by atoms with Crippen LogP contribution in [0.5, 0.6) is 0 Å². The summed E-state index contributed by atoms with van der Waals surface area (Å²) in [6.07, 6.45) is 2.67. The maximum absolute atomic E-state index is 5.30. The zero-order valence-electron chi connectivity index (χ0n) is 7.87. The molecule has 0 unspecified atom stereocenters. The van der Waals surface area contributed by atoms with Crippen LogP contribution >= 0.6 is 11.8 Å². The maximum atomic E-state index is 5.30. The van der Waals surface area contributed by atoms with E-state index in [4.69, 9.17) is 5.84 Å². The van der Waals surface area contributed by atoms with Crippen LogP contribution in [0.3, 0.4) is 0 Å². The molecule has 1 rings (SSSR count). The van der Waals surface area contributed by atoms with Crippen molar-refractivity contribution in [2.24, 2.45) is 5.84 Å². The predicted molar refractivity (Wildman–Crippen MR) is 55.6 cm³/mol. The van der Waals surface area contributed by atoms with Crippen LogP contribution in [-0.4, -0.2) is 15.7 Å². The number of rotatable bonds is 4. The van der Waals surface area contributed by atoms with Gasteiger partial charge in [0.1, 0.15) is 17.2 Å². The highest BCUT2D eigenvalue weighted by atomic mass is 32.2. The molecule has 0 spiro atoms. The number of hydrogen-bond acceptors (Lipinski definition) is 5. The average Bonchev–Trinajstić information content (AvgIpc) is 2.16. The van der Waals surface area contributed by atoms with Gasteiger partial charge in [-0.3, -0.25) is 0 Å². The molecular weight excluding hydrogens is 184 g/mol. The molecule has 1 aromatic rings. The highest BCUT2D eigenvalue weighted by Gasteiger charge is 2.04. The highest BCUT2D eigenvalue weighted by molar-refractivity contribution is 7.99. The van der Waals surface area contributed by atoms with E-state index in [2.05, 4.69) is 22.3 Å². The maximum Gasteiger partial charge on any atom is 0.147 e. The summed E-state index contributed by atoms with van der Waals surface area (Å²) in [5.74, 6) is 7.07. The van der Waals surface area contributed by atoms with E-state index < -0.39 is 0 Å². The molecular formula is C8H14N4S. The van der Waals surface area contributed by atoms with Crippen molar-refractivity contribution in [3.8, 4) is 0 Å². The van der Waals surface area contributed by atoms with E-state index in [-0.39, 0.29) is 0 Å². The molecule has 0 atom stereocenters. The fourth-order valence-electron chi connectivity index (χ4n) is 0.924. The monoisotopic (exact) mass is 198 g/mol. The SMILES string of the molecule is CCCSc1ncnc(NN)c1C. The predicted octanol–water partition coefficient (Wildman–Crippen LogP) is 1.57. The summed E-state index contributed by atoms with van der Waals surface area (Å²) in [5, 5.41) is 1.00. The highest BCUT2D eigenvalue weighted by Crippen LogP contribution is 2.23. The minimum absolute atomic E-state index is 0.702. The average molecular weight is 198 g/mol. The Morgan fingerprint density at radius 1 is 1.54 bits per heavy atom. The quantitative estimate of drug-likeness (QED) is 0.333. The first-order valence-corrected chi connectivity index (χ1v) is 5.19. The molecule has 0 aliphatic carbocycles. The number of hydrazine groups is 1. The van der Waals surface area contributed by atoms with Crippen molar-refractivity contribution in [1.29, 1.82) is 0 Å². The van der Waals surface area contributed by atoms with Gasteiger partial charge in [-0.05, 0) is 19.1 Å². The van der Waals surface area contributed by atoms with Crippen LogP contribution in [0.1, 0.15) is 18.9 Å². The molecule has 5 heteroatoms. The van der Waals surface area contributed by atoms with Crippen molar-refractivity contribution in [2.45, 2.75) is 25.3 Å². The van der Waals surface area contributed by atoms with E-state index in [9.17, 15) is 0 Å². The second-order valence-electron chi connectivity index (χ2n) is 2.65. The summed E-state index contributed by atoms with van der Waals surface area (Å²) >= 11 is 1.73. The first-order valence-electron chi connectivity index (χ1n) is 4.20. The lowest BCUT2D eigenvalue weighted by Crippen LogP contribution is -2.10. The van der Waals surface area contributed by atoms with Gasteiger partial charge < -0.3 is 5.43 Å². The molecule has 72 valence electrons. The fourth-order valence-corrected chi connectivity index (χ4v) is 1.76. The minimum atomic E-state index is 0.702. The lowest BCUT2D eigenvalue weighted by atomic mass is 10.3. The van der Waals surface area contributed by atoms with Crippen LogP contribution in [0.15, 0.2) is 11.4 Å². The smallest absolute Gasteiger partial charge is 0.147 e. The molecule has 0 fully saturated rings. The van der Waals surface area contributed by atoms with Crippen LogP contribution in [-0.2, 0) is 0 Å². The molecule has 0 radical (unpaired) electrons. The normalized spacial score (nSPS) is 10.1. The summed E-state index contributed by atoms with van der Waals surface area (Å²) in [6.45, 7) is 4.11. The standard InChI is InChI=1S/C8H14N4S/c1-3-4-13-8-6(2)7(12-9)10-5-11-8/h5H,3-4,9H2,1-2H3,(H,10,11,12). The number of nitrogens with zero attached hydrogens (tertiary/aromatic N) is 2. The third-order valence-corrected chi connectivity index (χ3v) is 2.91. The Bertz CT molecular complexity index is 277.